The zero-order valence-electron chi connectivity index (χ0n) is 17.4. The summed E-state index contributed by atoms with van der Waals surface area (Å²) in [4.78, 5) is 28.3. The van der Waals surface area contributed by atoms with Crippen LogP contribution in [0, 0.1) is 11.3 Å². The fraction of sp³-hybridized carbons (Fsp3) is 0.348. The molecular formula is C23H21ClF3N3O3. The molecule has 2 aromatic carbocycles. The average molecular weight is 480 g/mol. The van der Waals surface area contributed by atoms with E-state index in [1.807, 2.05) is 48.5 Å². The maximum Gasteiger partial charge on any atom is 0.492 e. The van der Waals surface area contributed by atoms with Crippen LogP contribution in [0.15, 0.2) is 48.5 Å². The van der Waals surface area contributed by atoms with Crippen molar-refractivity contribution in [3.8, 4) is 17.2 Å². The first-order valence-corrected chi connectivity index (χ1v) is 10.7. The summed E-state index contributed by atoms with van der Waals surface area (Å²) >= 11 is 6.02. The number of nitriles is 1. The lowest BCUT2D eigenvalue weighted by Crippen LogP contribution is -2.53. The number of nitrogens with zero attached hydrogens (tertiary/aromatic N) is 2. The molecule has 1 saturated heterocycles. The number of hydrogen-bond acceptors (Lipinski definition) is 5. The number of benzene rings is 2. The van der Waals surface area contributed by atoms with Crippen molar-refractivity contribution in [2.24, 2.45) is 0 Å². The highest BCUT2D eigenvalue weighted by molar-refractivity contribution is 6.30. The van der Waals surface area contributed by atoms with E-state index in [1.165, 1.54) is 0 Å². The van der Waals surface area contributed by atoms with Gasteiger partial charge < -0.3 is 10.2 Å². The van der Waals surface area contributed by atoms with Gasteiger partial charge in [-0.25, -0.2) is 4.79 Å². The second kappa shape index (κ2) is 10.7. The molecule has 0 bridgehead atoms. The molecule has 1 aliphatic heterocycles. The van der Waals surface area contributed by atoms with Gasteiger partial charge in [0.15, 0.2) is 0 Å². The van der Waals surface area contributed by atoms with Gasteiger partial charge in [0, 0.05) is 18.0 Å². The van der Waals surface area contributed by atoms with Gasteiger partial charge in [-0.2, -0.15) is 18.4 Å². The molecule has 33 heavy (non-hydrogen) atoms. The minimum atomic E-state index is -5.16. The summed E-state index contributed by atoms with van der Waals surface area (Å²) in [5, 5.41) is 13.4. The minimum Gasteiger partial charge on any atom is -0.360 e. The van der Waals surface area contributed by atoms with Crippen LogP contribution < -0.4 is 5.32 Å². The molecule has 6 nitrogen and oxygen atoms in total. The van der Waals surface area contributed by atoms with E-state index in [0.717, 1.165) is 21.8 Å². The van der Waals surface area contributed by atoms with E-state index >= 15 is 0 Å². The smallest absolute Gasteiger partial charge is 0.360 e. The number of alkyl halides is 3. The normalized spacial score (nSPS) is 17.6. The number of amides is 1. The molecule has 1 heterocycles. The number of piperidine rings is 1. The lowest BCUT2D eigenvalue weighted by molar-refractivity contribution is -0.248. The van der Waals surface area contributed by atoms with Crippen molar-refractivity contribution in [2.45, 2.75) is 43.9 Å². The standard InChI is InChI=1S/C23H21ClF3N3O3/c24-18-5-3-4-17(13-18)16-9-7-15(8-10-16)12-19(14-28)29-21(31)20-6-1-2-11-30(20)33-22(32)23(25,26)27/h3-5,7-10,13,19-20H,1-2,6,11-12H2,(H,29,31)/t19-,20-/m0/s1. The van der Waals surface area contributed by atoms with E-state index in [0.29, 0.717) is 17.9 Å². The fourth-order valence-electron chi connectivity index (χ4n) is 3.57. The van der Waals surface area contributed by atoms with Crippen molar-refractivity contribution in [1.82, 2.24) is 10.4 Å². The Bertz CT molecular complexity index is 1040. The van der Waals surface area contributed by atoms with Gasteiger partial charge in [0.1, 0.15) is 12.1 Å². The Hall–Kier alpha value is -3.09. The minimum absolute atomic E-state index is 0.00207. The quantitative estimate of drug-likeness (QED) is 0.662. The third-order valence-electron chi connectivity index (χ3n) is 5.21. The topological polar surface area (TPSA) is 82.4 Å². The van der Waals surface area contributed by atoms with Crippen LogP contribution in [0.4, 0.5) is 13.2 Å². The Morgan fingerprint density at radius 2 is 1.91 bits per heavy atom. The molecule has 3 rings (SSSR count). The van der Waals surface area contributed by atoms with Crippen molar-refractivity contribution in [3.05, 3.63) is 59.1 Å². The number of carbonyl (C=O) groups excluding carboxylic acids is 2. The van der Waals surface area contributed by atoms with Crippen LogP contribution in [0.1, 0.15) is 24.8 Å². The summed E-state index contributed by atoms with van der Waals surface area (Å²) < 4.78 is 37.6. The molecule has 1 fully saturated rings. The molecule has 0 radical (unpaired) electrons. The number of hydrogen-bond donors (Lipinski definition) is 1. The molecule has 10 heteroatoms. The predicted octanol–water partition coefficient (Wildman–Crippen LogP) is 4.43. The molecule has 1 amide bonds. The van der Waals surface area contributed by atoms with Gasteiger partial charge in [-0.05, 0) is 48.1 Å². The summed E-state index contributed by atoms with van der Waals surface area (Å²) in [7, 11) is 0. The molecule has 2 aromatic rings. The van der Waals surface area contributed by atoms with Crippen molar-refractivity contribution in [2.75, 3.05) is 6.54 Å². The van der Waals surface area contributed by atoms with Crippen molar-refractivity contribution in [3.63, 3.8) is 0 Å². The second-order valence-electron chi connectivity index (χ2n) is 7.63. The highest BCUT2D eigenvalue weighted by Crippen LogP contribution is 2.24. The summed E-state index contributed by atoms with van der Waals surface area (Å²) in [6.07, 6.45) is -3.68. The Kier molecular flexibility index (Phi) is 7.95. The summed E-state index contributed by atoms with van der Waals surface area (Å²) in [6.45, 7) is 0.00207. The first-order valence-electron chi connectivity index (χ1n) is 10.3. The van der Waals surface area contributed by atoms with E-state index in [9.17, 15) is 28.0 Å². The molecule has 1 aliphatic rings. The van der Waals surface area contributed by atoms with Crippen LogP contribution in [-0.4, -0.2) is 41.7 Å². The van der Waals surface area contributed by atoms with Gasteiger partial charge in [-0.15, -0.1) is 5.06 Å². The number of halogens is 4. The van der Waals surface area contributed by atoms with Crippen LogP contribution >= 0.6 is 11.6 Å². The zero-order chi connectivity index (χ0) is 24.0. The van der Waals surface area contributed by atoms with Gasteiger partial charge in [0.05, 0.1) is 6.07 Å². The summed E-state index contributed by atoms with van der Waals surface area (Å²) in [6, 6.07) is 14.8. The summed E-state index contributed by atoms with van der Waals surface area (Å²) in [5.41, 5.74) is 2.66. The lowest BCUT2D eigenvalue weighted by Gasteiger charge is -2.33. The molecular weight excluding hydrogens is 459 g/mol. The first-order chi connectivity index (χ1) is 15.7. The number of nitrogens with one attached hydrogen (secondary N) is 1. The Balaban J connectivity index is 1.63. The predicted molar refractivity (Wildman–Crippen MR) is 115 cm³/mol. The van der Waals surface area contributed by atoms with Crippen molar-refractivity contribution < 1.29 is 27.6 Å². The molecule has 2 atom stereocenters. The monoisotopic (exact) mass is 479 g/mol. The SMILES string of the molecule is N#C[C@H](Cc1ccc(-c2cccc(Cl)c2)cc1)NC(=O)[C@@H]1CCCCN1OC(=O)C(F)(F)F. The number of carbonyl (C=O) groups is 2. The molecule has 0 aliphatic carbocycles. The number of rotatable bonds is 6. The maximum absolute atomic E-state index is 12.7. The van der Waals surface area contributed by atoms with E-state index in [-0.39, 0.29) is 19.4 Å². The van der Waals surface area contributed by atoms with E-state index in [2.05, 4.69) is 10.2 Å². The summed E-state index contributed by atoms with van der Waals surface area (Å²) in [5.74, 6) is -3.04. The average Bonchev–Trinajstić information content (AvgIpc) is 2.78. The molecule has 0 aromatic heterocycles. The van der Waals surface area contributed by atoms with Crippen molar-refractivity contribution in [1.29, 1.82) is 5.26 Å². The largest absolute Gasteiger partial charge is 0.492 e. The van der Waals surface area contributed by atoms with Gasteiger partial charge in [-0.3, -0.25) is 4.79 Å². The number of hydroxylamine groups is 2. The van der Waals surface area contributed by atoms with Crippen LogP contribution in [-0.2, 0) is 20.8 Å². The highest BCUT2D eigenvalue weighted by Gasteiger charge is 2.44. The van der Waals surface area contributed by atoms with Crippen molar-refractivity contribution >= 4 is 23.5 Å². The van der Waals surface area contributed by atoms with Gasteiger partial charge in [0.2, 0.25) is 5.91 Å². The van der Waals surface area contributed by atoms with Crippen LogP contribution in [0.2, 0.25) is 5.02 Å². The van der Waals surface area contributed by atoms with E-state index < -0.39 is 30.1 Å². The van der Waals surface area contributed by atoms with Gasteiger partial charge in [0.25, 0.3) is 0 Å². The van der Waals surface area contributed by atoms with Crippen LogP contribution in [0.5, 0.6) is 0 Å². The second-order valence-corrected chi connectivity index (χ2v) is 8.07. The molecule has 1 N–H and O–H groups in total. The molecule has 0 unspecified atom stereocenters. The lowest BCUT2D eigenvalue weighted by atomic mass is 10.00. The first kappa shape index (κ1) is 24.6. The van der Waals surface area contributed by atoms with Gasteiger partial charge in [-0.1, -0.05) is 48.0 Å². The van der Waals surface area contributed by atoms with Crippen LogP contribution in [0.25, 0.3) is 11.1 Å². The highest BCUT2D eigenvalue weighted by atomic mass is 35.5. The molecule has 0 spiro atoms. The third-order valence-corrected chi connectivity index (χ3v) is 5.45. The van der Waals surface area contributed by atoms with Gasteiger partial charge >= 0.3 is 12.1 Å². The van der Waals surface area contributed by atoms with Crippen LogP contribution in [0.3, 0.4) is 0 Å². The molecule has 0 saturated carbocycles. The third kappa shape index (κ3) is 6.70. The Morgan fingerprint density at radius 3 is 2.55 bits per heavy atom. The van der Waals surface area contributed by atoms with E-state index in [1.54, 1.807) is 6.07 Å². The van der Waals surface area contributed by atoms with E-state index in [4.69, 9.17) is 11.6 Å². The fourth-order valence-corrected chi connectivity index (χ4v) is 3.76. The maximum atomic E-state index is 12.7. The Morgan fingerprint density at radius 1 is 1.18 bits per heavy atom. The molecule has 174 valence electrons. The Labute approximate surface area is 193 Å². The zero-order valence-corrected chi connectivity index (χ0v) is 18.2.